The van der Waals surface area contributed by atoms with Crippen molar-refractivity contribution in [3.05, 3.63) is 12.2 Å². The fraction of sp³-hybridized carbons (Fsp3) is 0.875. The van der Waals surface area contributed by atoms with Gasteiger partial charge in [-0.3, -0.25) is 0 Å². The molecule has 0 N–H and O–H groups in total. The van der Waals surface area contributed by atoms with Gasteiger partial charge in [-0.15, -0.1) is 0 Å². The molecule has 0 bridgehead atoms. The fourth-order valence-corrected chi connectivity index (χ4v) is 1.95. The molecule has 2 nitrogen and oxygen atoms in total. The molecule has 0 heterocycles. The molecular weight excluding hydrogens is 222 g/mol. The van der Waals surface area contributed by atoms with Crippen molar-refractivity contribution in [1.29, 1.82) is 0 Å². The van der Waals surface area contributed by atoms with E-state index in [0.29, 0.717) is 6.61 Å². The summed E-state index contributed by atoms with van der Waals surface area (Å²) in [7, 11) is 0. The molecule has 0 spiro atoms. The molecular formula is C16H33NO. The maximum atomic E-state index is 5.60. The first-order chi connectivity index (χ1) is 8.70. The number of hydrogen-bond donors (Lipinski definition) is 0. The molecule has 0 aromatic heterocycles. The van der Waals surface area contributed by atoms with Gasteiger partial charge >= 0.3 is 0 Å². The topological polar surface area (TPSA) is 12.5 Å². The smallest absolute Gasteiger partial charge is 0.0672 e. The molecule has 0 aliphatic rings. The van der Waals surface area contributed by atoms with Crippen LogP contribution in [0.3, 0.4) is 0 Å². The first kappa shape index (κ1) is 17.7. The Morgan fingerprint density at radius 1 is 0.944 bits per heavy atom. The Balaban J connectivity index is 3.69. The largest absolute Gasteiger partial charge is 0.376 e. The predicted molar refractivity (Wildman–Crippen MR) is 81.1 cm³/mol. The second kappa shape index (κ2) is 13.1. The van der Waals surface area contributed by atoms with Crippen LogP contribution >= 0.6 is 0 Å². The van der Waals surface area contributed by atoms with E-state index < -0.39 is 0 Å². The quantitative estimate of drug-likeness (QED) is 0.360. The molecule has 0 unspecified atom stereocenters. The van der Waals surface area contributed by atoms with Crippen molar-refractivity contribution >= 4 is 0 Å². The van der Waals surface area contributed by atoms with Crippen LogP contribution in [0.4, 0.5) is 0 Å². The lowest BCUT2D eigenvalue weighted by molar-refractivity contribution is 0.118. The van der Waals surface area contributed by atoms with Gasteiger partial charge in [-0.05, 0) is 32.9 Å². The van der Waals surface area contributed by atoms with Crippen LogP contribution in [0, 0.1) is 0 Å². The lowest BCUT2D eigenvalue weighted by Crippen LogP contribution is -2.30. The highest BCUT2D eigenvalue weighted by Gasteiger charge is 2.04. The molecule has 2 heteroatoms. The molecule has 0 rings (SSSR count). The number of hydrogen-bond acceptors (Lipinski definition) is 2. The van der Waals surface area contributed by atoms with Crippen LogP contribution in [0.15, 0.2) is 12.2 Å². The van der Waals surface area contributed by atoms with Crippen molar-refractivity contribution in [3.8, 4) is 0 Å². The zero-order valence-electron chi connectivity index (χ0n) is 12.8. The van der Waals surface area contributed by atoms with E-state index in [1.54, 1.807) is 0 Å². The molecule has 0 aromatic carbocycles. The van der Waals surface area contributed by atoms with Crippen LogP contribution in [-0.2, 0) is 4.74 Å². The minimum atomic E-state index is 0.706. The molecule has 0 radical (unpaired) electrons. The second-order valence-corrected chi connectivity index (χ2v) is 5.27. The van der Waals surface area contributed by atoms with Gasteiger partial charge in [0.25, 0.3) is 0 Å². The maximum Gasteiger partial charge on any atom is 0.0672 e. The molecule has 0 fully saturated rings. The minimum Gasteiger partial charge on any atom is -0.376 e. The SMILES string of the molecule is C=C(C)COCCN(CCCCC)CCCCC. The van der Waals surface area contributed by atoms with Gasteiger partial charge in [0, 0.05) is 6.54 Å². The van der Waals surface area contributed by atoms with Crippen molar-refractivity contribution in [2.75, 3.05) is 32.8 Å². The summed E-state index contributed by atoms with van der Waals surface area (Å²) >= 11 is 0. The highest BCUT2D eigenvalue weighted by molar-refractivity contribution is 4.87. The molecule has 0 aromatic rings. The number of nitrogens with zero attached hydrogens (tertiary/aromatic N) is 1. The number of ether oxygens (including phenoxy) is 1. The Hall–Kier alpha value is -0.340. The molecule has 0 aliphatic carbocycles. The van der Waals surface area contributed by atoms with Crippen LogP contribution in [-0.4, -0.2) is 37.7 Å². The summed E-state index contributed by atoms with van der Waals surface area (Å²) in [4.78, 5) is 2.56. The first-order valence-corrected chi connectivity index (χ1v) is 7.65. The van der Waals surface area contributed by atoms with Gasteiger partial charge < -0.3 is 9.64 Å². The van der Waals surface area contributed by atoms with E-state index in [1.165, 1.54) is 51.6 Å². The van der Waals surface area contributed by atoms with Crippen LogP contribution in [0.1, 0.15) is 59.3 Å². The Bertz CT molecular complexity index is 182. The summed E-state index contributed by atoms with van der Waals surface area (Å²) < 4.78 is 5.60. The van der Waals surface area contributed by atoms with Crippen molar-refractivity contribution in [2.45, 2.75) is 59.3 Å². The van der Waals surface area contributed by atoms with Crippen molar-refractivity contribution < 1.29 is 4.74 Å². The van der Waals surface area contributed by atoms with Crippen LogP contribution in [0.5, 0.6) is 0 Å². The third-order valence-corrected chi connectivity index (χ3v) is 3.06. The maximum absolute atomic E-state index is 5.60. The Morgan fingerprint density at radius 3 is 1.94 bits per heavy atom. The van der Waals surface area contributed by atoms with E-state index in [2.05, 4.69) is 25.3 Å². The van der Waals surface area contributed by atoms with E-state index in [-0.39, 0.29) is 0 Å². The second-order valence-electron chi connectivity index (χ2n) is 5.27. The van der Waals surface area contributed by atoms with Gasteiger partial charge in [0.05, 0.1) is 13.2 Å². The van der Waals surface area contributed by atoms with Gasteiger partial charge in [0.15, 0.2) is 0 Å². The molecule has 0 amide bonds. The van der Waals surface area contributed by atoms with Gasteiger partial charge in [-0.25, -0.2) is 0 Å². The summed E-state index contributed by atoms with van der Waals surface area (Å²) in [6.45, 7) is 15.5. The van der Waals surface area contributed by atoms with E-state index in [0.717, 1.165) is 18.7 Å². The van der Waals surface area contributed by atoms with Crippen LogP contribution in [0.25, 0.3) is 0 Å². The van der Waals surface area contributed by atoms with E-state index in [9.17, 15) is 0 Å². The lowest BCUT2D eigenvalue weighted by Gasteiger charge is -2.22. The monoisotopic (exact) mass is 255 g/mol. The van der Waals surface area contributed by atoms with Gasteiger partial charge in [0.2, 0.25) is 0 Å². The summed E-state index contributed by atoms with van der Waals surface area (Å²) in [6, 6.07) is 0. The average Bonchev–Trinajstić information content (AvgIpc) is 2.34. The molecule has 0 saturated heterocycles. The standard InChI is InChI=1S/C16H33NO/c1-5-7-9-11-17(12-10-8-6-2)13-14-18-15-16(3)4/h3,5-15H2,1-2,4H3. The fourth-order valence-electron chi connectivity index (χ4n) is 1.95. The Kier molecular flexibility index (Phi) is 12.9. The van der Waals surface area contributed by atoms with Crippen molar-refractivity contribution in [1.82, 2.24) is 4.90 Å². The summed E-state index contributed by atoms with van der Waals surface area (Å²) in [5, 5.41) is 0. The van der Waals surface area contributed by atoms with Crippen molar-refractivity contribution in [3.63, 3.8) is 0 Å². The summed E-state index contributed by atoms with van der Waals surface area (Å²) in [5.41, 5.74) is 1.11. The predicted octanol–water partition coefficient (Wildman–Crippen LogP) is 4.26. The van der Waals surface area contributed by atoms with Gasteiger partial charge in [-0.1, -0.05) is 51.7 Å². The molecule has 18 heavy (non-hydrogen) atoms. The number of rotatable bonds is 13. The van der Waals surface area contributed by atoms with E-state index >= 15 is 0 Å². The summed E-state index contributed by atoms with van der Waals surface area (Å²) in [6.07, 6.45) is 7.93. The van der Waals surface area contributed by atoms with Gasteiger partial charge in [0.1, 0.15) is 0 Å². The molecule has 0 atom stereocenters. The lowest BCUT2D eigenvalue weighted by atomic mass is 10.2. The Labute approximate surface area is 114 Å². The zero-order valence-corrected chi connectivity index (χ0v) is 12.8. The minimum absolute atomic E-state index is 0.706. The highest BCUT2D eigenvalue weighted by Crippen LogP contribution is 2.03. The average molecular weight is 255 g/mol. The molecule has 0 aliphatic heterocycles. The molecule has 0 saturated carbocycles. The van der Waals surface area contributed by atoms with E-state index in [4.69, 9.17) is 4.74 Å². The van der Waals surface area contributed by atoms with E-state index in [1.807, 2.05) is 6.92 Å². The van der Waals surface area contributed by atoms with Crippen molar-refractivity contribution in [2.24, 2.45) is 0 Å². The highest BCUT2D eigenvalue weighted by atomic mass is 16.5. The Morgan fingerprint density at radius 2 is 1.50 bits per heavy atom. The normalized spacial score (nSPS) is 11.1. The summed E-state index contributed by atoms with van der Waals surface area (Å²) in [5.74, 6) is 0. The van der Waals surface area contributed by atoms with Crippen LogP contribution in [0.2, 0.25) is 0 Å². The zero-order chi connectivity index (χ0) is 13.6. The van der Waals surface area contributed by atoms with Gasteiger partial charge in [-0.2, -0.15) is 0 Å². The molecule has 108 valence electrons. The third kappa shape index (κ3) is 12.1. The number of unbranched alkanes of at least 4 members (excludes halogenated alkanes) is 4. The van der Waals surface area contributed by atoms with Crippen LogP contribution < -0.4 is 0 Å². The third-order valence-electron chi connectivity index (χ3n) is 3.06. The first-order valence-electron chi connectivity index (χ1n) is 7.65.